The lowest BCUT2D eigenvalue weighted by Crippen LogP contribution is -2.01. The molecule has 2 heterocycles. The van der Waals surface area contributed by atoms with Crippen LogP contribution in [0.1, 0.15) is 11.3 Å². The highest BCUT2D eigenvalue weighted by Crippen LogP contribution is 2.20. The van der Waals surface area contributed by atoms with Crippen molar-refractivity contribution in [2.75, 3.05) is 7.11 Å². The Balaban J connectivity index is 1.99. The second-order valence-corrected chi connectivity index (χ2v) is 4.62. The standard InChI is InChI=1S/C16H16N2O/c1-12-5-3-7-15-14(12)9-10-18(15)11-13-6-4-8-16(17-13)19-2/h3-10H,11H2,1-2H3. The van der Waals surface area contributed by atoms with E-state index in [0.29, 0.717) is 5.88 Å². The van der Waals surface area contributed by atoms with E-state index in [1.807, 2.05) is 18.2 Å². The zero-order chi connectivity index (χ0) is 13.2. The fourth-order valence-electron chi connectivity index (χ4n) is 2.35. The number of aryl methyl sites for hydroxylation is 1. The molecule has 0 N–H and O–H groups in total. The van der Waals surface area contributed by atoms with Crippen LogP contribution in [0.4, 0.5) is 0 Å². The molecule has 0 saturated heterocycles. The predicted molar refractivity (Wildman–Crippen MR) is 76.6 cm³/mol. The molecule has 0 fully saturated rings. The van der Waals surface area contributed by atoms with Crippen LogP contribution in [0.25, 0.3) is 10.9 Å². The topological polar surface area (TPSA) is 27.1 Å². The molecule has 3 nitrogen and oxygen atoms in total. The lowest BCUT2D eigenvalue weighted by atomic mass is 10.1. The molecule has 0 saturated carbocycles. The average Bonchev–Trinajstić information content (AvgIpc) is 2.84. The highest BCUT2D eigenvalue weighted by molar-refractivity contribution is 5.83. The second-order valence-electron chi connectivity index (χ2n) is 4.62. The van der Waals surface area contributed by atoms with Crippen LogP contribution in [0, 0.1) is 6.92 Å². The van der Waals surface area contributed by atoms with Gasteiger partial charge in [0.1, 0.15) is 0 Å². The quantitative estimate of drug-likeness (QED) is 0.714. The summed E-state index contributed by atoms with van der Waals surface area (Å²) >= 11 is 0. The van der Waals surface area contributed by atoms with Crippen LogP contribution < -0.4 is 4.74 Å². The molecule has 0 aliphatic carbocycles. The highest BCUT2D eigenvalue weighted by atomic mass is 16.5. The maximum Gasteiger partial charge on any atom is 0.213 e. The van der Waals surface area contributed by atoms with Crippen molar-refractivity contribution in [3.63, 3.8) is 0 Å². The maximum absolute atomic E-state index is 5.16. The Morgan fingerprint density at radius 1 is 1.11 bits per heavy atom. The molecule has 1 aromatic carbocycles. The van der Waals surface area contributed by atoms with Gasteiger partial charge < -0.3 is 9.30 Å². The van der Waals surface area contributed by atoms with E-state index in [4.69, 9.17) is 4.74 Å². The Bertz CT molecular complexity index is 716. The Labute approximate surface area is 112 Å². The van der Waals surface area contributed by atoms with Crippen molar-refractivity contribution in [3.05, 3.63) is 59.9 Å². The smallest absolute Gasteiger partial charge is 0.213 e. The molecule has 0 unspecified atom stereocenters. The Morgan fingerprint density at radius 2 is 1.95 bits per heavy atom. The number of fused-ring (bicyclic) bond motifs is 1. The molecule has 96 valence electrons. The number of methoxy groups -OCH3 is 1. The van der Waals surface area contributed by atoms with Crippen LogP contribution in [0.2, 0.25) is 0 Å². The largest absolute Gasteiger partial charge is 0.481 e. The minimum Gasteiger partial charge on any atom is -0.481 e. The molecular formula is C16H16N2O. The molecule has 0 atom stereocenters. The SMILES string of the molecule is COc1cccc(Cn2ccc3c(C)cccc32)n1. The third-order valence-corrected chi connectivity index (χ3v) is 3.35. The van der Waals surface area contributed by atoms with E-state index in [9.17, 15) is 0 Å². The summed E-state index contributed by atoms with van der Waals surface area (Å²) in [6.45, 7) is 2.89. The van der Waals surface area contributed by atoms with Gasteiger partial charge in [-0.05, 0) is 30.7 Å². The molecule has 0 radical (unpaired) electrons. The van der Waals surface area contributed by atoms with Crippen molar-refractivity contribution in [2.45, 2.75) is 13.5 Å². The summed E-state index contributed by atoms with van der Waals surface area (Å²) in [5.74, 6) is 0.658. The summed E-state index contributed by atoms with van der Waals surface area (Å²) in [6.07, 6.45) is 2.11. The summed E-state index contributed by atoms with van der Waals surface area (Å²) < 4.78 is 7.37. The maximum atomic E-state index is 5.16. The molecule has 0 bridgehead atoms. The number of ether oxygens (including phenoxy) is 1. The molecule has 0 aliphatic heterocycles. The first-order valence-electron chi connectivity index (χ1n) is 6.32. The van der Waals surface area contributed by atoms with Gasteiger partial charge in [0.2, 0.25) is 5.88 Å². The summed E-state index contributed by atoms with van der Waals surface area (Å²) in [7, 11) is 1.64. The van der Waals surface area contributed by atoms with Crippen molar-refractivity contribution >= 4 is 10.9 Å². The van der Waals surface area contributed by atoms with E-state index >= 15 is 0 Å². The Kier molecular flexibility index (Phi) is 2.95. The third-order valence-electron chi connectivity index (χ3n) is 3.35. The summed E-state index contributed by atoms with van der Waals surface area (Å²) in [6, 6.07) is 14.4. The molecule has 0 amide bonds. The van der Waals surface area contributed by atoms with E-state index in [2.05, 4.69) is 46.9 Å². The molecule has 3 aromatic rings. The molecule has 0 spiro atoms. The molecule has 0 aliphatic rings. The van der Waals surface area contributed by atoms with Crippen LogP contribution in [0.3, 0.4) is 0 Å². The number of rotatable bonds is 3. The number of nitrogens with zero attached hydrogens (tertiary/aromatic N) is 2. The summed E-state index contributed by atoms with van der Waals surface area (Å²) in [5.41, 5.74) is 3.54. The van der Waals surface area contributed by atoms with E-state index in [-0.39, 0.29) is 0 Å². The van der Waals surface area contributed by atoms with Crippen molar-refractivity contribution in [3.8, 4) is 5.88 Å². The zero-order valence-corrected chi connectivity index (χ0v) is 11.1. The Hall–Kier alpha value is -2.29. The van der Waals surface area contributed by atoms with Crippen LogP contribution in [0.5, 0.6) is 5.88 Å². The second kappa shape index (κ2) is 4.76. The van der Waals surface area contributed by atoms with Gasteiger partial charge in [0, 0.05) is 23.2 Å². The van der Waals surface area contributed by atoms with Gasteiger partial charge in [0.05, 0.1) is 19.3 Å². The number of pyridine rings is 1. The van der Waals surface area contributed by atoms with Crippen LogP contribution in [0.15, 0.2) is 48.7 Å². The van der Waals surface area contributed by atoms with E-state index in [1.54, 1.807) is 7.11 Å². The van der Waals surface area contributed by atoms with Gasteiger partial charge in [-0.3, -0.25) is 0 Å². The summed E-state index contributed by atoms with van der Waals surface area (Å²) in [4.78, 5) is 4.45. The monoisotopic (exact) mass is 252 g/mol. The van der Waals surface area contributed by atoms with E-state index in [0.717, 1.165) is 12.2 Å². The zero-order valence-electron chi connectivity index (χ0n) is 11.1. The number of hydrogen-bond donors (Lipinski definition) is 0. The molecular weight excluding hydrogens is 236 g/mol. The molecule has 3 heteroatoms. The average molecular weight is 252 g/mol. The first-order chi connectivity index (χ1) is 9.28. The van der Waals surface area contributed by atoms with Gasteiger partial charge in [-0.2, -0.15) is 0 Å². The van der Waals surface area contributed by atoms with Crippen molar-refractivity contribution in [1.29, 1.82) is 0 Å². The van der Waals surface area contributed by atoms with Gasteiger partial charge in [0.25, 0.3) is 0 Å². The minimum atomic E-state index is 0.658. The van der Waals surface area contributed by atoms with Crippen LogP contribution >= 0.6 is 0 Å². The first-order valence-corrected chi connectivity index (χ1v) is 6.32. The fraction of sp³-hybridized carbons (Fsp3) is 0.188. The number of aromatic nitrogens is 2. The van der Waals surface area contributed by atoms with Crippen LogP contribution in [-0.4, -0.2) is 16.7 Å². The van der Waals surface area contributed by atoms with Gasteiger partial charge in [-0.25, -0.2) is 4.98 Å². The van der Waals surface area contributed by atoms with Gasteiger partial charge in [-0.1, -0.05) is 18.2 Å². The molecule has 3 rings (SSSR count). The van der Waals surface area contributed by atoms with Crippen molar-refractivity contribution in [1.82, 2.24) is 9.55 Å². The molecule has 2 aromatic heterocycles. The predicted octanol–water partition coefficient (Wildman–Crippen LogP) is 3.40. The number of hydrogen-bond acceptors (Lipinski definition) is 2. The lowest BCUT2D eigenvalue weighted by Gasteiger charge is -2.07. The van der Waals surface area contributed by atoms with E-state index < -0.39 is 0 Å². The van der Waals surface area contributed by atoms with E-state index in [1.165, 1.54) is 16.5 Å². The molecule has 19 heavy (non-hydrogen) atoms. The fourth-order valence-corrected chi connectivity index (χ4v) is 2.35. The van der Waals surface area contributed by atoms with Gasteiger partial charge in [-0.15, -0.1) is 0 Å². The minimum absolute atomic E-state index is 0.658. The van der Waals surface area contributed by atoms with Gasteiger partial charge >= 0.3 is 0 Å². The highest BCUT2D eigenvalue weighted by Gasteiger charge is 2.04. The first kappa shape index (κ1) is 11.8. The Morgan fingerprint density at radius 3 is 2.79 bits per heavy atom. The normalized spacial score (nSPS) is 10.8. The number of benzene rings is 1. The van der Waals surface area contributed by atoms with Crippen LogP contribution in [-0.2, 0) is 6.54 Å². The van der Waals surface area contributed by atoms with Crippen molar-refractivity contribution in [2.24, 2.45) is 0 Å². The third kappa shape index (κ3) is 2.19. The van der Waals surface area contributed by atoms with Crippen molar-refractivity contribution < 1.29 is 4.74 Å². The lowest BCUT2D eigenvalue weighted by molar-refractivity contribution is 0.396. The van der Waals surface area contributed by atoms with Gasteiger partial charge in [0.15, 0.2) is 0 Å². The summed E-state index contributed by atoms with van der Waals surface area (Å²) in [5, 5.41) is 1.30.